The van der Waals surface area contributed by atoms with Gasteiger partial charge in [0.2, 0.25) is 5.75 Å². The standard InChI is InChI=1S/C23H22FNO4/c1-27-19-13-17(14-20(28-2)22(19)29-3)23(26)25-21(15-7-5-4-6-8-15)16-9-11-18(24)12-10-16/h4-14,21H,1-3H3,(H,25,26). The minimum Gasteiger partial charge on any atom is -0.493 e. The smallest absolute Gasteiger partial charge is 0.252 e. The second-order valence-corrected chi connectivity index (χ2v) is 6.28. The van der Waals surface area contributed by atoms with E-state index in [0.717, 1.165) is 11.1 Å². The van der Waals surface area contributed by atoms with Gasteiger partial charge < -0.3 is 19.5 Å². The Labute approximate surface area is 169 Å². The van der Waals surface area contributed by atoms with Gasteiger partial charge >= 0.3 is 0 Å². The Hall–Kier alpha value is -3.54. The Kier molecular flexibility index (Phi) is 6.34. The molecule has 0 saturated heterocycles. The van der Waals surface area contributed by atoms with E-state index in [9.17, 15) is 9.18 Å². The number of benzene rings is 3. The summed E-state index contributed by atoms with van der Waals surface area (Å²) in [5.41, 5.74) is 1.99. The van der Waals surface area contributed by atoms with E-state index in [4.69, 9.17) is 14.2 Å². The van der Waals surface area contributed by atoms with E-state index in [1.807, 2.05) is 30.3 Å². The Balaban J connectivity index is 1.98. The third-order valence-corrected chi connectivity index (χ3v) is 4.54. The molecule has 0 aromatic heterocycles. The SMILES string of the molecule is COc1cc(C(=O)NC(c2ccccc2)c2ccc(F)cc2)cc(OC)c1OC. The van der Waals surface area contributed by atoms with Gasteiger partial charge in [-0.05, 0) is 35.4 Å². The largest absolute Gasteiger partial charge is 0.493 e. The van der Waals surface area contributed by atoms with Gasteiger partial charge in [0.1, 0.15) is 5.82 Å². The van der Waals surface area contributed by atoms with Crippen molar-refractivity contribution in [3.05, 3.63) is 89.2 Å². The first kappa shape index (κ1) is 20.2. The minimum atomic E-state index is -0.455. The van der Waals surface area contributed by atoms with Crippen LogP contribution in [-0.4, -0.2) is 27.2 Å². The van der Waals surface area contributed by atoms with Crippen molar-refractivity contribution in [3.8, 4) is 17.2 Å². The van der Waals surface area contributed by atoms with Crippen molar-refractivity contribution in [1.29, 1.82) is 0 Å². The summed E-state index contributed by atoms with van der Waals surface area (Å²) in [6.45, 7) is 0. The Bertz CT molecular complexity index is 949. The quantitative estimate of drug-likeness (QED) is 0.645. The molecule has 1 unspecified atom stereocenters. The molecule has 1 amide bonds. The molecule has 1 atom stereocenters. The summed E-state index contributed by atoms with van der Waals surface area (Å²) >= 11 is 0. The van der Waals surface area contributed by atoms with Gasteiger partial charge in [-0.3, -0.25) is 4.79 Å². The maximum Gasteiger partial charge on any atom is 0.252 e. The molecule has 1 N–H and O–H groups in total. The summed E-state index contributed by atoms with van der Waals surface area (Å²) in [5.74, 6) is 0.508. The molecule has 29 heavy (non-hydrogen) atoms. The molecule has 0 heterocycles. The summed E-state index contributed by atoms with van der Waals surface area (Å²) in [7, 11) is 4.48. The molecular formula is C23H22FNO4. The Morgan fingerprint density at radius 1 is 0.828 bits per heavy atom. The number of halogens is 1. The number of nitrogens with one attached hydrogen (secondary N) is 1. The van der Waals surface area contributed by atoms with Crippen molar-refractivity contribution < 1.29 is 23.4 Å². The highest BCUT2D eigenvalue weighted by Gasteiger charge is 2.21. The lowest BCUT2D eigenvalue weighted by atomic mass is 9.98. The molecule has 6 heteroatoms. The number of hydrogen-bond acceptors (Lipinski definition) is 4. The predicted octanol–water partition coefficient (Wildman–Crippen LogP) is 4.37. The third-order valence-electron chi connectivity index (χ3n) is 4.54. The summed E-state index contributed by atoms with van der Waals surface area (Å²) in [5, 5.41) is 3.01. The Morgan fingerprint density at radius 2 is 1.38 bits per heavy atom. The normalized spacial score (nSPS) is 11.4. The molecular weight excluding hydrogens is 373 g/mol. The van der Waals surface area contributed by atoms with E-state index in [2.05, 4.69) is 5.32 Å². The van der Waals surface area contributed by atoms with Crippen molar-refractivity contribution in [2.45, 2.75) is 6.04 Å². The fraction of sp³-hybridized carbons (Fsp3) is 0.174. The van der Waals surface area contributed by atoms with Gasteiger partial charge in [-0.25, -0.2) is 4.39 Å². The number of methoxy groups -OCH3 is 3. The average Bonchev–Trinajstić information content (AvgIpc) is 2.77. The maximum absolute atomic E-state index is 13.4. The fourth-order valence-corrected chi connectivity index (χ4v) is 3.09. The molecule has 0 radical (unpaired) electrons. The minimum absolute atomic E-state index is 0.331. The molecule has 0 aliphatic rings. The van der Waals surface area contributed by atoms with Gasteiger partial charge in [0.25, 0.3) is 5.91 Å². The lowest BCUT2D eigenvalue weighted by Crippen LogP contribution is -2.29. The average molecular weight is 395 g/mol. The predicted molar refractivity (Wildman–Crippen MR) is 108 cm³/mol. The van der Waals surface area contributed by atoms with Crippen LogP contribution in [0.15, 0.2) is 66.7 Å². The second kappa shape index (κ2) is 9.10. The number of hydrogen-bond donors (Lipinski definition) is 1. The van der Waals surface area contributed by atoms with E-state index in [1.165, 1.54) is 33.5 Å². The molecule has 3 rings (SSSR count). The highest BCUT2D eigenvalue weighted by molar-refractivity contribution is 5.96. The van der Waals surface area contributed by atoms with Crippen LogP contribution in [0.5, 0.6) is 17.2 Å². The van der Waals surface area contributed by atoms with E-state index in [0.29, 0.717) is 22.8 Å². The maximum atomic E-state index is 13.4. The summed E-state index contributed by atoms with van der Waals surface area (Å²) in [4.78, 5) is 13.1. The van der Waals surface area contributed by atoms with E-state index in [-0.39, 0.29) is 11.7 Å². The number of carbonyl (C=O) groups excluding carboxylic acids is 1. The first-order valence-corrected chi connectivity index (χ1v) is 8.98. The highest BCUT2D eigenvalue weighted by atomic mass is 19.1. The molecule has 0 saturated carbocycles. The van der Waals surface area contributed by atoms with Crippen LogP contribution in [0.2, 0.25) is 0 Å². The van der Waals surface area contributed by atoms with E-state index in [1.54, 1.807) is 24.3 Å². The number of carbonyl (C=O) groups is 1. The van der Waals surface area contributed by atoms with Crippen molar-refractivity contribution in [2.75, 3.05) is 21.3 Å². The third kappa shape index (κ3) is 4.48. The van der Waals surface area contributed by atoms with Crippen LogP contribution < -0.4 is 19.5 Å². The van der Waals surface area contributed by atoms with Gasteiger partial charge in [-0.15, -0.1) is 0 Å². The lowest BCUT2D eigenvalue weighted by Gasteiger charge is -2.21. The van der Waals surface area contributed by atoms with E-state index < -0.39 is 6.04 Å². The number of rotatable bonds is 7. The van der Waals surface area contributed by atoms with Gasteiger partial charge in [-0.1, -0.05) is 42.5 Å². The first-order chi connectivity index (χ1) is 14.1. The molecule has 0 fully saturated rings. The molecule has 5 nitrogen and oxygen atoms in total. The number of amides is 1. The monoisotopic (exact) mass is 395 g/mol. The topological polar surface area (TPSA) is 56.8 Å². The zero-order valence-corrected chi connectivity index (χ0v) is 16.4. The molecule has 3 aromatic rings. The van der Waals surface area contributed by atoms with Crippen LogP contribution in [0.4, 0.5) is 4.39 Å². The summed E-state index contributed by atoms with van der Waals surface area (Å²) < 4.78 is 29.4. The van der Waals surface area contributed by atoms with Crippen molar-refractivity contribution in [3.63, 3.8) is 0 Å². The first-order valence-electron chi connectivity index (χ1n) is 8.98. The molecule has 150 valence electrons. The van der Waals surface area contributed by atoms with Gasteiger partial charge in [0.15, 0.2) is 11.5 Å². The van der Waals surface area contributed by atoms with E-state index >= 15 is 0 Å². The highest BCUT2D eigenvalue weighted by Crippen LogP contribution is 2.38. The second-order valence-electron chi connectivity index (χ2n) is 6.28. The zero-order valence-electron chi connectivity index (χ0n) is 16.4. The van der Waals surface area contributed by atoms with Gasteiger partial charge in [0, 0.05) is 5.56 Å². The van der Waals surface area contributed by atoms with Crippen LogP contribution >= 0.6 is 0 Å². The zero-order chi connectivity index (χ0) is 20.8. The van der Waals surface area contributed by atoms with Crippen LogP contribution in [0, 0.1) is 5.82 Å². The van der Waals surface area contributed by atoms with Crippen LogP contribution in [0.25, 0.3) is 0 Å². The molecule has 0 bridgehead atoms. The van der Waals surface area contributed by atoms with Crippen LogP contribution in [0.1, 0.15) is 27.5 Å². The van der Waals surface area contributed by atoms with Gasteiger partial charge in [-0.2, -0.15) is 0 Å². The molecule has 0 spiro atoms. The summed E-state index contributed by atoms with van der Waals surface area (Å²) in [6.07, 6.45) is 0. The number of ether oxygens (including phenoxy) is 3. The Morgan fingerprint density at radius 3 is 1.90 bits per heavy atom. The lowest BCUT2D eigenvalue weighted by molar-refractivity contribution is 0.0942. The molecule has 3 aromatic carbocycles. The van der Waals surface area contributed by atoms with Crippen molar-refractivity contribution >= 4 is 5.91 Å². The molecule has 0 aliphatic carbocycles. The van der Waals surface area contributed by atoms with Crippen LogP contribution in [0.3, 0.4) is 0 Å². The van der Waals surface area contributed by atoms with Crippen molar-refractivity contribution in [2.24, 2.45) is 0 Å². The van der Waals surface area contributed by atoms with Crippen LogP contribution in [-0.2, 0) is 0 Å². The summed E-state index contributed by atoms with van der Waals surface area (Å²) in [6, 6.07) is 18.3. The molecule has 0 aliphatic heterocycles. The fourth-order valence-electron chi connectivity index (χ4n) is 3.09. The van der Waals surface area contributed by atoms with Crippen molar-refractivity contribution in [1.82, 2.24) is 5.32 Å². The van der Waals surface area contributed by atoms with Gasteiger partial charge in [0.05, 0.1) is 27.4 Å².